The lowest BCUT2D eigenvalue weighted by Gasteiger charge is -2.52. The van der Waals surface area contributed by atoms with Crippen LogP contribution in [0.5, 0.6) is 0 Å². The third kappa shape index (κ3) is 2.83. The normalized spacial score (nSPS) is 22.0. The van der Waals surface area contributed by atoms with E-state index in [1.807, 2.05) is 0 Å². The summed E-state index contributed by atoms with van der Waals surface area (Å²) >= 11 is 0. The molecule has 2 nitrogen and oxygen atoms in total. The molecular weight excluding hydrogens is 204 g/mol. The average Bonchev–Trinajstić information content (AvgIpc) is 1.98. The first kappa shape index (κ1) is 13.2. The molecule has 0 bridgehead atoms. The van der Waals surface area contributed by atoms with E-state index in [0.29, 0.717) is 5.04 Å². The van der Waals surface area contributed by atoms with Crippen molar-refractivity contribution in [3.8, 4) is 0 Å². The molecule has 1 fully saturated rings. The molecule has 1 rings (SSSR count). The van der Waals surface area contributed by atoms with Crippen molar-refractivity contribution in [2.75, 3.05) is 6.61 Å². The molecule has 0 aromatic rings. The first-order valence-corrected chi connectivity index (χ1v) is 7.26. The van der Waals surface area contributed by atoms with Crippen molar-refractivity contribution >= 4 is 9.76 Å². The van der Waals surface area contributed by atoms with Crippen LogP contribution in [0.3, 0.4) is 0 Å². The Labute approximate surface area is 96.4 Å². The third-order valence-corrected chi connectivity index (χ3v) is 5.49. The molecule has 1 aliphatic rings. The van der Waals surface area contributed by atoms with Crippen LogP contribution in [0, 0.1) is 5.41 Å². The fourth-order valence-corrected chi connectivity index (χ4v) is 3.20. The summed E-state index contributed by atoms with van der Waals surface area (Å²) in [4.78, 5) is 0. The first-order chi connectivity index (χ1) is 6.72. The molecule has 90 valence electrons. The largest absolute Gasteiger partial charge is 0.418 e. The highest BCUT2D eigenvalue weighted by atomic mass is 28.2. The minimum absolute atomic E-state index is 0.0469. The van der Waals surface area contributed by atoms with Crippen LogP contribution >= 0.6 is 0 Å². The van der Waals surface area contributed by atoms with E-state index in [0.717, 1.165) is 12.8 Å². The van der Waals surface area contributed by atoms with Gasteiger partial charge in [0, 0.05) is 5.41 Å². The second-order valence-corrected chi connectivity index (χ2v) is 9.35. The van der Waals surface area contributed by atoms with Gasteiger partial charge in [-0.3, -0.25) is 0 Å². The van der Waals surface area contributed by atoms with Gasteiger partial charge in [0.1, 0.15) is 0 Å². The lowest BCUT2D eigenvalue weighted by molar-refractivity contribution is -0.114. The van der Waals surface area contributed by atoms with E-state index >= 15 is 0 Å². The Morgan fingerprint density at radius 2 is 1.73 bits per heavy atom. The molecule has 0 atom stereocenters. The van der Waals surface area contributed by atoms with E-state index < -0.39 is 9.76 Å². The SMILES string of the molecule is CC(C)(C)[SiH2]OC(C)(C)C1(CO)CCC1. The number of hydrogen-bond acceptors (Lipinski definition) is 2. The lowest BCUT2D eigenvalue weighted by Crippen LogP contribution is -2.53. The Morgan fingerprint density at radius 3 is 2.00 bits per heavy atom. The molecule has 0 unspecified atom stereocenters. The van der Waals surface area contributed by atoms with Crippen molar-refractivity contribution in [2.24, 2.45) is 5.41 Å². The van der Waals surface area contributed by atoms with E-state index in [-0.39, 0.29) is 17.6 Å². The smallest absolute Gasteiger partial charge is 0.167 e. The molecule has 1 saturated carbocycles. The van der Waals surface area contributed by atoms with Crippen molar-refractivity contribution in [1.82, 2.24) is 0 Å². The van der Waals surface area contributed by atoms with E-state index in [9.17, 15) is 5.11 Å². The van der Waals surface area contributed by atoms with Gasteiger partial charge in [-0.05, 0) is 31.7 Å². The highest BCUT2D eigenvalue weighted by Gasteiger charge is 2.49. The van der Waals surface area contributed by atoms with E-state index in [4.69, 9.17) is 4.43 Å². The Kier molecular flexibility index (Phi) is 3.69. The molecule has 0 aromatic carbocycles. The summed E-state index contributed by atoms with van der Waals surface area (Å²) in [6.07, 6.45) is 3.48. The molecule has 1 N–H and O–H groups in total. The van der Waals surface area contributed by atoms with Crippen molar-refractivity contribution in [3.05, 3.63) is 0 Å². The molecule has 15 heavy (non-hydrogen) atoms. The van der Waals surface area contributed by atoms with Gasteiger partial charge in [0.25, 0.3) is 0 Å². The fourth-order valence-electron chi connectivity index (χ4n) is 2.10. The van der Waals surface area contributed by atoms with Crippen LogP contribution in [-0.2, 0) is 4.43 Å². The van der Waals surface area contributed by atoms with E-state index in [2.05, 4.69) is 34.6 Å². The Balaban J connectivity index is 2.58. The van der Waals surface area contributed by atoms with E-state index in [1.165, 1.54) is 6.42 Å². The Hall–Kier alpha value is 0.137. The maximum absolute atomic E-state index is 9.54. The zero-order valence-corrected chi connectivity index (χ0v) is 12.3. The highest BCUT2D eigenvalue weighted by Crippen LogP contribution is 2.50. The molecule has 0 aromatic heterocycles. The minimum Gasteiger partial charge on any atom is -0.418 e. The van der Waals surface area contributed by atoms with E-state index in [1.54, 1.807) is 0 Å². The number of aliphatic hydroxyl groups is 1. The summed E-state index contributed by atoms with van der Waals surface area (Å²) in [7, 11) is -0.530. The van der Waals surface area contributed by atoms with Crippen LogP contribution in [-0.4, -0.2) is 27.1 Å². The van der Waals surface area contributed by atoms with Gasteiger partial charge in [-0.25, -0.2) is 0 Å². The number of hydrogen-bond donors (Lipinski definition) is 1. The molecule has 0 amide bonds. The van der Waals surface area contributed by atoms with Gasteiger partial charge in [0.15, 0.2) is 9.76 Å². The fraction of sp³-hybridized carbons (Fsp3) is 1.00. The van der Waals surface area contributed by atoms with Crippen LogP contribution < -0.4 is 0 Å². The zero-order chi connectivity index (χ0) is 11.7. The Bertz CT molecular complexity index is 209. The topological polar surface area (TPSA) is 29.5 Å². The summed E-state index contributed by atoms with van der Waals surface area (Å²) in [5.74, 6) is 0. The second kappa shape index (κ2) is 4.19. The molecule has 1 aliphatic carbocycles. The van der Waals surface area contributed by atoms with Gasteiger partial charge in [-0.15, -0.1) is 0 Å². The molecule has 3 heteroatoms. The van der Waals surface area contributed by atoms with Gasteiger partial charge in [-0.1, -0.05) is 27.2 Å². The van der Waals surface area contributed by atoms with Crippen LogP contribution in [0.2, 0.25) is 5.04 Å². The van der Waals surface area contributed by atoms with Gasteiger partial charge >= 0.3 is 0 Å². The summed E-state index contributed by atoms with van der Waals surface area (Å²) in [6, 6.07) is 0. The van der Waals surface area contributed by atoms with Crippen molar-refractivity contribution < 1.29 is 9.53 Å². The Morgan fingerprint density at radius 1 is 1.20 bits per heavy atom. The monoisotopic (exact) mass is 230 g/mol. The molecule has 0 heterocycles. The predicted octanol–water partition coefficient (Wildman–Crippen LogP) is 2.25. The first-order valence-electron chi connectivity index (χ1n) is 5.97. The van der Waals surface area contributed by atoms with Crippen LogP contribution in [0.25, 0.3) is 0 Å². The van der Waals surface area contributed by atoms with Gasteiger partial charge in [0.05, 0.1) is 12.2 Å². The van der Waals surface area contributed by atoms with Gasteiger partial charge in [-0.2, -0.15) is 0 Å². The second-order valence-electron chi connectivity index (χ2n) is 6.65. The maximum atomic E-state index is 9.54. The predicted molar refractivity (Wildman–Crippen MR) is 66.8 cm³/mol. The lowest BCUT2D eigenvalue weighted by atomic mass is 9.60. The zero-order valence-electron chi connectivity index (χ0n) is 10.9. The van der Waals surface area contributed by atoms with Crippen LogP contribution in [0.15, 0.2) is 0 Å². The minimum atomic E-state index is -0.530. The van der Waals surface area contributed by atoms with Crippen molar-refractivity contribution in [3.63, 3.8) is 0 Å². The summed E-state index contributed by atoms with van der Waals surface area (Å²) in [6.45, 7) is 11.3. The number of aliphatic hydroxyl groups excluding tert-OH is 1. The highest BCUT2D eigenvalue weighted by molar-refractivity contribution is 6.31. The van der Waals surface area contributed by atoms with Crippen LogP contribution in [0.4, 0.5) is 0 Å². The maximum Gasteiger partial charge on any atom is 0.167 e. The molecule has 0 radical (unpaired) electrons. The molecule has 0 saturated heterocycles. The van der Waals surface area contributed by atoms with Crippen LogP contribution in [0.1, 0.15) is 53.9 Å². The third-order valence-electron chi connectivity index (χ3n) is 3.76. The van der Waals surface area contributed by atoms with Crippen molar-refractivity contribution in [2.45, 2.75) is 64.5 Å². The van der Waals surface area contributed by atoms with Gasteiger partial charge < -0.3 is 9.53 Å². The number of rotatable bonds is 4. The molecular formula is C12H26O2Si. The summed E-state index contributed by atoms with van der Waals surface area (Å²) in [5, 5.41) is 9.87. The van der Waals surface area contributed by atoms with Gasteiger partial charge in [0.2, 0.25) is 0 Å². The standard InChI is InChI=1S/C12H26O2Si/c1-10(2,3)15-14-11(4,5)12(9-13)7-6-8-12/h13H,6-9,15H2,1-5H3. The summed E-state index contributed by atoms with van der Waals surface area (Å²) in [5.41, 5.74) is -0.0925. The van der Waals surface area contributed by atoms with Crippen molar-refractivity contribution in [1.29, 1.82) is 0 Å². The summed E-state index contributed by atoms with van der Waals surface area (Å²) < 4.78 is 6.17. The molecule has 0 spiro atoms. The molecule has 0 aliphatic heterocycles. The quantitative estimate of drug-likeness (QED) is 0.751. The average molecular weight is 230 g/mol.